The fraction of sp³-hybridized carbons (Fsp3) is 0.750. The van der Waals surface area contributed by atoms with Crippen molar-refractivity contribution in [2.45, 2.75) is 19.8 Å². The minimum Gasteiger partial charge on any atom is -1.00 e. The zero-order chi connectivity index (χ0) is 4.99. The zero-order valence-electron chi connectivity index (χ0n) is 6.11. The van der Waals surface area contributed by atoms with E-state index < -0.39 is 5.97 Å². The molecular weight excluding hydrogens is 161 g/mol. The van der Waals surface area contributed by atoms with E-state index in [0.29, 0.717) is 6.42 Å². The third kappa shape index (κ3) is 25.9. The Morgan fingerprint density at radius 3 is 1.78 bits per heavy atom. The van der Waals surface area contributed by atoms with E-state index in [1.807, 2.05) is 0 Å². The minimum absolute atomic E-state index is 0. The van der Waals surface area contributed by atoms with Crippen molar-refractivity contribution < 1.29 is 81.4 Å². The van der Waals surface area contributed by atoms with Crippen molar-refractivity contribution in [2.75, 3.05) is 0 Å². The van der Waals surface area contributed by atoms with Crippen LogP contribution in [0.1, 0.15) is 19.8 Å². The summed E-state index contributed by atoms with van der Waals surface area (Å²) in [5.74, 6) is -0.961. The molecule has 0 aliphatic heterocycles. The number of halogens is 1. The average molecular weight is 169 g/mol. The fourth-order valence-corrected chi connectivity index (χ4v) is 0.204. The van der Waals surface area contributed by atoms with Gasteiger partial charge in [0.25, 0.3) is 0 Å². The van der Waals surface area contributed by atoms with Crippen molar-refractivity contribution in [2.24, 2.45) is 0 Å². The van der Waals surface area contributed by atoms with Crippen LogP contribution in [0.4, 0.5) is 0 Å². The molecule has 0 spiro atoms. The maximum Gasteiger partial charge on any atom is 1.00 e. The summed E-state index contributed by atoms with van der Waals surface area (Å²) in [6.45, 7) is 1.80. The van der Waals surface area contributed by atoms with Crippen LogP contribution in [0.15, 0.2) is 0 Å². The van der Waals surface area contributed by atoms with Crippen molar-refractivity contribution in [3.05, 3.63) is 0 Å². The summed E-state index contributed by atoms with van der Waals surface area (Å²) in [6.07, 6.45) is 0.850. The first-order chi connectivity index (χ1) is 2.77. The quantitative estimate of drug-likeness (QED) is 0.384. The van der Waals surface area contributed by atoms with E-state index in [1.54, 1.807) is 6.92 Å². The van der Waals surface area contributed by atoms with Crippen molar-refractivity contribution in [3.63, 3.8) is 0 Å². The number of aliphatic carboxylic acids is 1. The van der Waals surface area contributed by atoms with Crippen molar-refractivity contribution >= 4 is 5.97 Å². The van der Waals surface area contributed by atoms with Crippen molar-refractivity contribution in [1.29, 1.82) is 0 Å². The second kappa shape index (κ2) is 16.4. The van der Waals surface area contributed by atoms with Gasteiger partial charge in [0.15, 0.2) is 0 Å². The molecule has 0 rings (SSSR count). The Hall–Kier alpha value is 1.76. The third-order valence-electron chi connectivity index (χ3n) is 0.454. The van der Waals surface area contributed by atoms with E-state index in [0.717, 1.165) is 0 Å². The maximum atomic E-state index is 9.49. The molecule has 0 aliphatic rings. The normalized spacial score (nSPS) is 5.44. The van der Waals surface area contributed by atoms with E-state index in [2.05, 4.69) is 0 Å². The molecule has 0 aromatic heterocycles. The standard InChI is InChI=1S/C4H8O2.ClH.2Na/c1-2-3-4(5)6;;;/h2-3H2,1H3,(H,5,6);1H;;/q;;2*+1/p-2. The summed E-state index contributed by atoms with van der Waals surface area (Å²) in [6, 6.07) is 0. The van der Waals surface area contributed by atoms with Gasteiger partial charge in [-0.05, 0) is 6.42 Å². The molecule has 5 heteroatoms. The minimum atomic E-state index is -0.961. The molecule has 0 fully saturated rings. The number of carbonyl (C=O) groups excluding carboxylic acids is 1. The van der Waals surface area contributed by atoms with Gasteiger partial charge in [-0.25, -0.2) is 0 Å². The van der Waals surface area contributed by atoms with Crippen LogP contribution in [-0.2, 0) is 4.79 Å². The first-order valence-corrected chi connectivity index (χ1v) is 1.97. The number of carbonyl (C=O) groups is 1. The van der Waals surface area contributed by atoms with Gasteiger partial charge >= 0.3 is 59.1 Å². The third-order valence-corrected chi connectivity index (χ3v) is 0.454. The van der Waals surface area contributed by atoms with E-state index in [9.17, 15) is 9.90 Å². The Morgan fingerprint density at radius 2 is 1.78 bits per heavy atom. The number of carboxylic acids is 1. The molecule has 0 saturated heterocycles. The smallest absolute Gasteiger partial charge is 1.00 e. The monoisotopic (exact) mass is 168 g/mol. The molecule has 0 saturated carbocycles. The van der Waals surface area contributed by atoms with Crippen LogP contribution in [0.25, 0.3) is 0 Å². The van der Waals surface area contributed by atoms with E-state index in [1.165, 1.54) is 0 Å². The maximum absolute atomic E-state index is 9.49. The van der Waals surface area contributed by atoms with Crippen LogP contribution in [0.5, 0.6) is 0 Å². The predicted molar refractivity (Wildman–Crippen MR) is 19.9 cm³/mol. The molecule has 0 atom stereocenters. The number of carboxylic acid groups (broad SMARTS) is 1. The Balaban J connectivity index is -0.0000000417. The molecule has 0 heterocycles. The van der Waals surface area contributed by atoms with Gasteiger partial charge in [-0.15, -0.1) is 0 Å². The van der Waals surface area contributed by atoms with Gasteiger partial charge in [0.1, 0.15) is 0 Å². The number of hydrogen-bond acceptors (Lipinski definition) is 2. The van der Waals surface area contributed by atoms with Crippen LogP contribution in [0, 0.1) is 0 Å². The average Bonchev–Trinajstić information content (AvgIpc) is 1.35. The van der Waals surface area contributed by atoms with E-state index in [4.69, 9.17) is 0 Å². The summed E-state index contributed by atoms with van der Waals surface area (Å²) >= 11 is 0. The van der Waals surface area contributed by atoms with Crippen LogP contribution >= 0.6 is 0 Å². The zero-order valence-corrected chi connectivity index (χ0v) is 10.9. The van der Waals surface area contributed by atoms with Gasteiger partial charge in [0.05, 0.1) is 0 Å². The Kier molecular flexibility index (Phi) is 40.8. The molecule has 2 nitrogen and oxygen atoms in total. The molecular formula is C4H7ClNa2O2. The first kappa shape index (κ1) is 22.4. The van der Waals surface area contributed by atoms with Crippen LogP contribution in [0.2, 0.25) is 0 Å². The topological polar surface area (TPSA) is 40.1 Å². The summed E-state index contributed by atoms with van der Waals surface area (Å²) in [7, 11) is 0. The molecule has 0 aromatic rings. The predicted octanol–water partition coefficient (Wildman–Crippen LogP) is -9.45. The molecule has 9 heavy (non-hydrogen) atoms. The van der Waals surface area contributed by atoms with Crippen LogP contribution < -0.4 is 76.6 Å². The van der Waals surface area contributed by atoms with Crippen molar-refractivity contribution in [1.82, 2.24) is 0 Å². The van der Waals surface area contributed by atoms with Gasteiger partial charge in [-0.3, -0.25) is 0 Å². The number of hydrogen-bond donors (Lipinski definition) is 0. The van der Waals surface area contributed by atoms with Gasteiger partial charge in [0, 0.05) is 5.97 Å². The summed E-state index contributed by atoms with van der Waals surface area (Å²) in [4.78, 5) is 9.49. The second-order valence-corrected chi connectivity index (χ2v) is 1.12. The van der Waals surface area contributed by atoms with Crippen LogP contribution in [0.3, 0.4) is 0 Å². The molecule has 44 valence electrons. The van der Waals surface area contributed by atoms with Gasteiger partial charge in [-0.2, -0.15) is 0 Å². The Bertz CT molecular complexity index is 60.5. The summed E-state index contributed by atoms with van der Waals surface area (Å²) < 4.78 is 0. The molecule has 0 aromatic carbocycles. The molecule has 0 radical (unpaired) electrons. The van der Waals surface area contributed by atoms with Crippen molar-refractivity contribution in [3.8, 4) is 0 Å². The van der Waals surface area contributed by atoms with E-state index in [-0.39, 0.29) is 77.9 Å². The SMILES string of the molecule is CCCC(=O)[O-].[Cl-].[Na+].[Na+]. The van der Waals surface area contributed by atoms with Crippen LogP contribution in [-0.4, -0.2) is 5.97 Å². The van der Waals surface area contributed by atoms with Gasteiger partial charge < -0.3 is 22.3 Å². The van der Waals surface area contributed by atoms with Gasteiger partial charge in [-0.1, -0.05) is 13.3 Å². The molecule has 0 bridgehead atoms. The second-order valence-electron chi connectivity index (χ2n) is 1.12. The largest absolute Gasteiger partial charge is 1.00 e. The molecule has 0 N–H and O–H groups in total. The molecule has 0 unspecified atom stereocenters. The number of rotatable bonds is 2. The van der Waals surface area contributed by atoms with Gasteiger partial charge in [0.2, 0.25) is 0 Å². The first-order valence-electron chi connectivity index (χ1n) is 1.97. The molecule has 0 amide bonds. The summed E-state index contributed by atoms with van der Waals surface area (Å²) in [5, 5.41) is 9.49. The fourth-order valence-electron chi connectivity index (χ4n) is 0.204. The Labute approximate surface area is 106 Å². The summed E-state index contributed by atoms with van der Waals surface area (Å²) in [5.41, 5.74) is 0. The van der Waals surface area contributed by atoms with E-state index >= 15 is 0 Å². The molecule has 0 aliphatic carbocycles. The Morgan fingerprint density at radius 1 is 1.44 bits per heavy atom.